The molecule has 0 bridgehead atoms. The van der Waals surface area contributed by atoms with Crippen LogP contribution >= 0.6 is 0 Å². The lowest BCUT2D eigenvalue weighted by molar-refractivity contribution is 0.591. The molecule has 0 spiro atoms. The fraction of sp³-hybridized carbons (Fsp3) is 0.304. The molecule has 4 rings (SSSR count). The fourth-order valence-electron chi connectivity index (χ4n) is 3.90. The van der Waals surface area contributed by atoms with Crippen LogP contribution in [0.25, 0.3) is 0 Å². The molecule has 2 heterocycles. The van der Waals surface area contributed by atoms with E-state index >= 15 is 0 Å². The van der Waals surface area contributed by atoms with Crippen molar-refractivity contribution in [3.05, 3.63) is 87.9 Å². The van der Waals surface area contributed by atoms with Gasteiger partial charge in [0.25, 0.3) is 0 Å². The van der Waals surface area contributed by atoms with Crippen LogP contribution in [0.2, 0.25) is 0 Å². The Labute approximate surface area is 164 Å². The number of fused-ring (bicyclic) bond motifs is 1. The van der Waals surface area contributed by atoms with Crippen molar-refractivity contribution in [1.29, 1.82) is 0 Å². The second kappa shape index (κ2) is 7.30. The normalized spacial score (nSPS) is 16.2. The van der Waals surface area contributed by atoms with E-state index in [1.54, 1.807) is 18.2 Å². The van der Waals surface area contributed by atoms with E-state index in [0.717, 1.165) is 52.6 Å². The maximum absolute atomic E-state index is 13.6. The zero-order valence-corrected chi connectivity index (χ0v) is 16.3. The van der Waals surface area contributed by atoms with Crippen LogP contribution in [0.4, 0.5) is 14.6 Å². The van der Waals surface area contributed by atoms with Crippen LogP contribution < -0.4 is 4.90 Å². The Bertz CT molecular complexity index is 1020. The zero-order valence-electron chi connectivity index (χ0n) is 16.3. The Morgan fingerprint density at radius 2 is 1.71 bits per heavy atom. The quantitative estimate of drug-likeness (QED) is 0.635. The van der Waals surface area contributed by atoms with Crippen LogP contribution in [0.15, 0.2) is 42.5 Å². The first-order valence-corrected chi connectivity index (χ1v) is 9.56. The second-order valence-corrected chi connectivity index (χ2v) is 7.44. The monoisotopic (exact) mass is 379 g/mol. The number of aromatic nitrogens is 2. The molecule has 0 radical (unpaired) electrons. The van der Waals surface area contributed by atoms with Crippen molar-refractivity contribution in [1.82, 2.24) is 9.97 Å². The first-order chi connectivity index (χ1) is 13.4. The van der Waals surface area contributed by atoms with Crippen molar-refractivity contribution in [2.24, 2.45) is 0 Å². The van der Waals surface area contributed by atoms with Gasteiger partial charge in [0.05, 0.1) is 6.04 Å². The molecule has 5 heteroatoms. The number of hydrogen-bond donors (Lipinski definition) is 0. The molecule has 0 amide bonds. The summed E-state index contributed by atoms with van der Waals surface area (Å²) in [5.74, 6) is 1.21. The largest absolute Gasteiger partial charge is 0.349 e. The van der Waals surface area contributed by atoms with Gasteiger partial charge in [0.15, 0.2) is 0 Å². The Kier molecular flexibility index (Phi) is 4.84. The smallest absolute Gasteiger partial charge is 0.136 e. The third-order valence-corrected chi connectivity index (χ3v) is 5.60. The lowest BCUT2D eigenvalue weighted by atomic mass is 9.93. The summed E-state index contributed by atoms with van der Waals surface area (Å²) in [6.45, 7) is 6.95. The summed E-state index contributed by atoms with van der Waals surface area (Å²) in [7, 11) is 0. The van der Waals surface area contributed by atoms with Gasteiger partial charge in [-0.1, -0.05) is 18.2 Å². The topological polar surface area (TPSA) is 29.0 Å². The van der Waals surface area contributed by atoms with Crippen LogP contribution in [0.3, 0.4) is 0 Å². The van der Waals surface area contributed by atoms with E-state index in [4.69, 9.17) is 4.98 Å². The van der Waals surface area contributed by atoms with Gasteiger partial charge in [0.1, 0.15) is 23.3 Å². The van der Waals surface area contributed by atoms with E-state index in [2.05, 4.69) is 16.8 Å². The number of nitrogens with zero attached hydrogens (tertiary/aromatic N) is 3. The van der Waals surface area contributed by atoms with Crippen molar-refractivity contribution >= 4 is 5.82 Å². The molecule has 1 aliphatic heterocycles. The average molecular weight is 379 g/mol. The maximum atomic E-state index is 13.6. The molecule has 1 aliphatic rings. The molecule has 3 nitrogen and oxygen atoms in total. The number of hydrogen-bond acceptors (Lipinski definition) is 3. The minimum atomic E-state index is -0.248. The van der Waals surface area contributed by atoms with E-state index in [-0.39, 0.29) is 17.7 Å². The number of aryl methyl sites for hydroxylation is 1. The molecule has 1 atom stereocenters. The summed E-state index contributed by atoms with van der Waals surface area (Å²) < 4.78 is 26.8. The minimum absolute atomic E-state index is 0.107. The molecule has 28 heavy (non-hydrogen) atoms. The van der Waals surface area contributed by atoms with Crippen LogP contribution in [-0.4, -0.2) is 16.5 Å². The molecule has 2 aromatic carbocycles. The summed E-state index contributed by atoms with van der Waals surface area (Å²) in [4.78, 5) is 11.8. The lowest BCUT2D eigenvalue weighted by Gasteiger charge is -2.37. The first-order valence-electron chi connectivity index (χ1n) is 9.56. The summed E-state index contributed by atoms with van der Waals surface area (Å²) in [5.41, 5.74) is 5.18. The number of benzene rings is 2. The highest BCUT2D eigenvalue weighted by molar-refractivity contribution is 5.53. The van der Waals surface area contributed by atoms with Gasteiger partial charge in [-0.15, -0.1) is 0 Å². The molecule has 0 N–H and O–H groups in total. The van der Waals surface area contributed by atoms with Crippen LogP contribution in [0, 0.1) is 25.5 Å². The SMILES string of the molecule is Cc1nc(Cc2ccc(F)cc2)nc(N2CCc3cc(F)ccc3C2C)c1C. The van der Waals surface area contributed by atoms with Crippen molar-refractivity contribution in [2.45, 2.75) is 39.7 Å². The fourth-order valence-corrected chi connectivity index (χ4v) is 3.90. The molecule has 0 saturated carbocycles. The molecule has 144 valence electrons. The number of halogens is 2. The van der Waals surface area contributed by atoms with Crippen LogP contribution in [0.1, 0.15) is 46.7 Å². The zero-order chi connectivity index (χ0) is 19.8. The van der Waals surface area contributed by atoms with E-state index in [1.807, 2.05) is 19.9 Å². The van der Waals surface area contributed by atoms with Gasteiger partial charge in [-0.05, 0) is 68.1 Å². The summed E-state index contributed by atoms with van der Waals surface area (Å²) in [6, 6.07) is 11.6. The van der Waals surface area contributed by atoms with E-state index in [9.17, 15) is 8.78 Å². The highest BCUT2D eigenvalue weighted by Gasteiger charge is 2.27. The van der Waals surface area contributed by atoms with E-state index in [0.29, 0.717) is 6.42 Å². The predicted molar refractivity (Wildman–Crippen MR) is 107 cm³/mol. The molecular formula is C23H23F2N3. The highest BCUT2D eigenvalue weighted by atomic mass is 19.1. The third-order valence-electron chi connectivity index (χ3n) is 5.60. The Hall–Kier alpha value is -2.82. The summed E-state index contributed by atoms with van der Waals surface area (Å²) in [5, 5.41) is 0. The third kappa shape index (κ3) is 3.49. The first kappa shape index (κ1) is 18.5. The summed E-state index contributed by atoms with van der Waals surface area (Å²) in [6.07, 6.45) is 1.34. The van der Waals surface area contributed by atoms with E-state index < -0.39 is 0 Å². The van der Waals surface area contributed by atoms with Crippen molar-refractivity contribution in [2.75, 3.05) is 11.4 Å². The van der Waals surface area contributed by atoms with Gasteiger partial charge in [-0.25, -0.2) is 18.7 Å². The van der Waals surface area contributed by atoms with Crippen molar-refractivity contribution in [3.8, 4) is 0 Å². The molecule has 1 aromatic heterocycles. The lowest BCUT2D eigenvalue weighted by Crippen LogP contribution is -2.35. The highest BCUT2D eigenvalue weighted by Crippen LogP contribution is 2.35. The predicted octanol–water partition coefficient (Wildman–Crippen LogP) is 5.09. The molecule has 0 aliphatic carbocycles. The standard InChI is InChI=1S/C23H23F2N3/c1-14-15(2)26-22(12-17-4-6-19(24)7-5-17)27-23(14)28-11-10-18-13-20(25)8-9-21(18)16(28)3/h4-9,13,16H,10-12H2,1-3H3. The van der Waals surface area contributed by atoms with Crippen LogP contribution in [0.5, 0.6) is 0 Å². The van der Waals surface area contributed by atoms with Crippen molar-refractivity contribution < 1.29 is 8.78 Å². The molecule has 1 unspecified atom stereocenters. The average Bonchev–Trinajstić information content (AvgIpc) is 2.67. The van der Waals surface area contributed by atoms with Crippen molar-refractivity contribution in [3.63, 3.8) is 0 Å². The van der Waals surface area contributed by atoms with Gasteiger partial charge in [0, 0.05) is 24.2 Å². The van der Waals surface area contributed by atoms with Gasteiger partial charge < -0.3 is 4.90 Å². The van der Waals surface area contributed by atoms with Crippen LogP contribution in [-0.2, 0) is 12.8 Å². The Balaban J connectivity index is 1.68. The Morgan fingerprint density at radius 3 is 2.46 bits per heavy atom. The number of anilines is 1. The van der Waals surface area contributed by atoms with Gasteiger partial charge >= 0.3 is 0 Å². The van der Waals surface area contributed by atoms with Gasteiger partial charge in [-0.2, -0.15) is 0 Å². The van der Waals surface area contributed by atoms with Gasteiger partial charge in [0.2, 0.25) is 0 Å². The molecule has 0 saturated heterocycles. The van der Waals surface area contributed by atoms with Gasteiger partial charge in [-0.3, -0.25) is 0 Å². The molecule has 0 fully saturated rings. The minimum Gasteiger partial charge on any atom is -0.349 e. The maximum Gasteiger partial charge on any atom is 0.136 e. The summed E-state index contributed by atoms with van der Waals surface area (Å²) >= 11 is 0. The molecule has 3 aromatic rings. The molecular weight excluding hydrogens is 356 g/mol. The van der Waals surface area contributed by atoms with E-state index in [1.165, 1.54) is 18.2 Å². The second-order valence-electron chi connectivity index (χ2n) is 7.44. The number of rotatable bonds is 3. The Morgan fingerprint density at radius 1 is 1.00 bits per heavy atom.